The zero-order chi connectivity index (χ0) is 24.6. The molecule has 0 unspecified atom stereocenters. The molecule has 3 aromatic rings. The van der Waals surface area contributed by atoms with Gasteiger partial charge in [0.15, 0.2) is 5.78 Å². The topological polar surface area (TPSA) is 73.9 Å². The molecule has 0 saturated carbocycles. The van der Waals surface area contributed by atoms with E-state index in [2.05, 4.69) is 5.32 Å². The van der Waals surface area contributed by atoms with E-state index in [1.807, 2.05) is 82.3 Å². The summed E-state index contributed by atoms with van der Waals surface area (Å²) < 4.78 is 31.6. The minimum absolute atomic E-state index is 0.100. The second kappa shape index (κ2) is 11.8. The van der Waals surface area contributed by atoms with E-state index in [9.17, 15) is 9.36 Å². The molecule has 6 nitrogen and oxygen atoms in total. The van der Waals surface area contributed by atoms with Crippen LogP contribution in [0.3, 0.4) is 0 Å². The Kier molecular flexibility index (Phi) is 8.78. The van der Waals surface area contributed by atoms with Gasteiger partial charge < -0.3 is 19.1 Å². The largest absolute Gasteiger partial charge is 0.453 e. The van der Waals surface area contributed by atoms with Crippen LogP contribution in [-0.2, 0) is 15.9 Å². The molecule has 3 aromatic carbocycles. The highest BCUT2D eigenvalue weighted by molar-refractivity contribution is 7.55. The third-order valence-electron chi connectivity index (χ3n) is 5.08. The molecule has 0 aliphatic heterocycles. The van der Waals surface area contributed by atoms with E-state index in [0.717, 1.165) is 16.7 Å². The summed E-state index contributed by atoms with van der Waals surface area (Å²) in [6.45, 7) is 7.97. The van der Waals surface area contributed by atoms with Gasteiger partial charge in [0.2, 0.25) is 0 Å². The Balaban J connectivity index is 1.85. The number of hydrogen-bond acceptors (Lipinski definition) is 5. The van der Waals surface area contributed by atoms with Crippen LogP contribution in [-0.4, -0.2) is 11.9 Å². The molecule has 0 aromatic heterocycles. The summed E-state index contributed by atoms with van der Waals surface area (Å²) in [6.07, 6.45) is -0.315. The molecular formula is C27H32NO5P. The molecule has 180 valence electrons. The number of hydrogen-bond donors (Lipinski definition) is 1. The fourth-order valence-electron chi connectivity index (χ4n) is 3.25. The van der Waals surface area contributed by atoms with Gasteiger partial charge in [-0.15, -0.1) is 0 Å². The van der Waals surface area contributed by atoms with Crippen LogP contribution in [0, 0.1) is 19.8 Å². The first-order valence-electron chi connectivity index (χ1n) is 11.3. The number of aryl methyl sites for hydroxylation is 2. The van der Waals surface area contributed by atoms with Gasteiger partial charge in [-0.3, -0.25) is 0 Å². The van der Waals surface area contributed by atoms with Crippen LogP contribution in [0.1, 0.15) is 37.0 Å². The summed E-state index contributed by atoms with van der Waals surface area (Å²) in [7, 11) is -3.92. The Morgan fingerprint density at radius 3 is 1.79 bits per heavy atom. The number of alkyl carbamates (subject to hydrolysis) is 1. The first kappa shape index (κ1) is 25.4. The average Bonchev–Trinajstić information content (AvgIpc) is 2.81. The van der Waals surface area contributed by atoms with Gasteiger partial charge in [0.25, 0.3) is 0 Å². The monoisotopic (exact) mass is 481 g/mol. The van der Waals surface area contributed by atoms with Crippen molar-refractivity contribution >= 4 is 13.7 Å². The summed E-state index contributed by atoms with van der Waals surface area (Å²) in [5, 5.41) is 2.75. The van der Waals surface area contributed by atoms with Gasteiger partial charge in [0.05, 0.1) is 0 Å². The number of carbonyl (C=O) groups excluding carboxylic acids is 1. The third kappa shape index (κ3) is 7.67. The van der Waals surface area contributed by atoms with E-state index in [-0.39, 0.29) is 12.5 Å². The van der Waals surface area contributed by atoms with Gasteiger partial charge in [-0.2, -0.15) is 0 Å². The lowest BCUT2D eigenvalue weighted by Gasteiger charge is -2.29. The van der Waals surface area contributed by atoms with Crippen molar-refractivity contribution in [2.45, 2.75) is 46.5 Å². The molecular weight excluding hydrogens is 449 g/mol. The van der Waals surface area contributed by atoms with Gasteiger partial charge in [0.1, 0.15) is 18.1 Å². The van der Waals surface area contributed by atoms with Crippen LogP contribution in [0.25, 0.3) is 0 Å². The molecule has 0 heterocycles. The molecule has 0 fully saturated rings. The predicted molar refractivity (Wildman–Crippen MR) is 134 cm³/mol. The molecule has 0 bridgehead atoms. The number of benzene rings is 3. The molecule has 0 radical (unpaired) electrons. The van der Waals surface area contributed by atoms with E-state index in [0.29, 0.717) is 17.9 Å². The summed E-state index contributed by atoms with van der Waals surface area (Å²) in [4.78, 5) is 12.7. The van der Waals surface area contributed by atoms with E-state index in [1.54, 1.807) is 24.3 Å². The van der Waals surface area contributed by atoms with Gasteiger partial charge >= 0.3 is 13.7 Å². The van der Waals surface area contributed by atoms with Crippen molar-refractivity contribution in [3.8, 4) is 11.5 Å². The highest BCUT2D eigenvalue weighted by Gasteiger charge is 2.41. The fourth-order valence-corrected chi connectivity index (χ4v) is 5.32. The van der Waals surface area contributed by atoms with Crippen LogP contribution in [0.2, 0.25) is 0 Å². The van der Waals surface area contributed by atoms with E-state index >= 15 is 0 Å². The highest BCUT2D eigenvalue weighted by Crippen LogP contribution is 2.53. The standard InChI is InChI=1S/C27H32NO5P/c1-20(2)18-26(28-27(29)31-19-23-8-6-5-7-9-23)34(30,32-24-14-10-21(3)11-15-24)33-25-16-12-22(4)13-17-25/h5-17,20,26H,18-19H2,1-4H3,(H,28,29)/t26-/m0/s1. The van der Waals surface area contributed by atoms with E-state index in [4.69, 9.17) is 13.8 Å². The summed E-state index contributed by atoms with van der Waals surface area (Å²) in [6, 6.07) is 23.8. The molecule has 0 spiro atoms. The number of amides is 1. The maximum atomic E-state index is 14.3. The molecule has 7 heteroatoms. The molecule has 1 N–H and O–H groups in total. The minimum Gasteiger partial charge on any atom is -0.445 e. The predicted octanol–water partition coefficient (Wildman–Crippen LogP) is 7.25. The summed E-state index contributed by atoms with van der Waals surface area (Å²) in [5.41, 5.74) is 2.94. The Bertz CT molecular complexity index is 1050. The Labute approximate surface area is 201 Å². The van der Waals surface area contributed by atoms with Crippen LogP contribution in [0.15, 0.2) is 78.9 Å². The first-order chi connectivity index (χ1) is 16.2. The van der Waals surface area contributed by atoms with Gasteiger partial charge in [-0.1, -0.05) is 79.6 Å². The second-order valence-electron chi connectivity index (χ2n) is 8.70. The van der Waals surface area contributed by atoms with Gasteiger partial charge in [0, 0.05) is 0 Å². The lowest BCUT2D eigenvalue weighted by atomic mass is 10.1. The Hall–Kier alpha value is -3.24. The van der Waals surface area contributed by atoms with Crippen LogP contribution >= 0.6 is 7.60 Å². The lowest BCUT2D eigenvalue weighted by molar-refractivity contribution is 0.136. The van der Waals surface area contributed by atoms with Crippen LogP contribution < -0.4 is 14.4 Å². The van der Waals surface area contributed by atoms with Crippen LogP contribution in [0.4, 0.5) is 4.79 Å². The van der Waals surface area contributed by atoms with E-state index in [1.165, 1.54) is 0 Å². The van der Waals surface area contributed by atoms with E-state index < -0.39 is 19.5 Å². The number of ether oxygens (including phenoxy) is 1. The van der Waals surface area contributed by atoms with Crippen molar-refractivity contribution in [1.82, 2.24) is 5.32 Å². The minimum atomic E-state index is -3.92. The Morgan fingerprint density at radius 2 is 1.32 bits per heavy atom. The molecule has 0 aliphatic rings. The van der Waals surface area contributed by atoms with Crippen molar-refractivity contribution in [2.75, 3.05) is 0 Å². The number of rotatable bonds is 10. The zero-order valence-corrected chi connectivity index (χ0v) is 21.0. The number of nitrogens with one attached hydrogen (secondary N) is 1. The van der Waals surface area contributed by atoms with Crippen LogP contribution in [0.5, 0.6) is 11.5 Å². The molecule has 0 aliphatic carbocycles. The van der Waals surface area contributed by atoms with Gasteiger partial charge in [-0.25, -0.2) is 9.36 Å². The number of carbonyl (C=O) groups is 1. The van der Waals surface area contributed by atoms with Crippen molar-refractivity contribution in [3.63, 3.8) is 0 Å². The maximum Gasteiger partial charge on any atom is 0.453 e. The SMILES string of the molecule is Cc1ccc(OP(=O)(Oc2ccc(C)cc2)[C@@H](CC(C)C)NC(=O)OCc2ccccc2)cc1. The van der Waals surface area contributed by atoms with Gasteiger partial charge in [-0.05, 0) is 56.0 Å². The van der Waals surface area contributed by atoms with Crippen molar-refractivity contribution < 1.29 is 23.1 Å². The fraction of sp³-hybridized carbons (Fsp3) is 0.296. The van der Waals surface area contributed by atoms with Crippen molar-refractivity contribution in [3.05, 3.63) is 95.6 Å². The average molecular weight is 482 g/mol. The third-order valence-corrected chi connectivity index (χ3v) is 7.11. The molecule has 1 amide bonds. The molecule has 1 atom stereocenters. The Morgan fingerprint density at radius 1 is 0.824 bits per heavy atom. The van der Waals surface area contributed by atoms with Crippen molar-refractivity contribution in [1.29, 1.82) is 0 Å². The summed E-state index contributed by atoms with van der Waals surface area (Å²) in [5.74, 6) is -0.0159. The summed E-state index contributed by atoms with van der Waals surface area (Å²) >= 11 is 0. The maximum absolute atomic E-state index is 14.3. The quantitative estimate of drug-likeness (QED) is 0.309. The normalized spacial score (nSPS) is 12.1. The molecule has 34 heavy (non-hydrogen) atoms. The second-order valence-corrected chi connectivity index (χ2v) is 10.8. The smallest absolute Gasteiger partial charge is 0.445 e. The molecule has 0 saturated heterocycles. The molecule has 3 rings (SSSR count). The van der Waals surface area contributed by atoms with Crippen molar-refractivity contribution in [2.24, 2.45) is 5.92 Å². The highest BCUT2D eigenvalue weighted by atomic mass is 31.2. The zero-order valence-electron chi connectivity index (χ0n) is 20.1. The lowest BCUT2D eigenvalue weighted by Crippen LogP contribution is -2.38. The first-order valence-corrected chi connectivity index (χ1v) is 12.9.